The van der Waals surface area contributed by atoms with Crippen LogP contribution in [0.15, 0.2) is 24.3 Å². The van der Waals surface area contributed by atoms with E-state index < -0.39 is 0 Å². The summed E-state index contributed by atoms with van der Waals surface area (Å²) in [6.45, 7) is 0.957. The molecule has 1 rings (SSSR count). The van der Waals surface area contributed by atoms with Crippen molar-refractivity contribution >= 4 is 0 Å². The SMILES string of the molecule is NCC(CN)c1ccc(C(CO)CO)cc1. The Balaban J connectivity index is 2.81. The molecule has 0 saturated carbocycles. The number of benzene rings is 1. The van der Waals surface area contributed by atoms with Crippen LogP contribution >= 0.6 is 0 Å². The summed E-state index contributed by atoms with van der Waals surface area (Å²) in [6.07, 6.45) is 0. The van der Waals surface area contributed by atoms with E-state index in [2.05, 4.69) is 0 Å². The number of aliphatic hydroxyl groups is 2. The van der Waals surface area contributed by atoms with Crippen molar-refractivity contribution < 1.29 is 10.2 Å². The first-order valence-electron chi connectivity index (χ1n) is 5.48. The first-order valence-corrected chi connectivity index (χ1v) is 5.48. The highest BCUT2D eigenvalue weighted by molar-refractivity contribution is 5.28. The van der Waals surface area contributed by atoms with E-state index in [1.807, 2.05) is 24.3 Å². The Kier molecular flexibility index (Phi) is 5.42. The Bertz CT molecular complexity index is 261. The van der Waals surface area contributed by atoms with Crippen molar-refractivity contribution in [3.05, 3.63) is 35.4 Å². The van der Waals surface area contributed by atoms with Gasteiger partial charge in [0.2, 0.25) is 0 Å². The summed E-state index contributed by atoms with van der Waals surface area (Å²) >= 11 is 0. The lowest BCUT2D eigenvalue weighted by atomic mass is 9.94. The second-order valence-electron chi connectivity index (χ2n) is 3.90. The largest absolute Gasteiger partial charge is 0.396 e. The van der Waals surface area contributed by atoms with Crippen molar-refractivity contribution in [2.24, 2.45) is 11.5 Å². The van der Waals surface area contributed by atoms with Crippen LogP contribution in [0.25, 0.3) is 0 Å². The maximum absolute atomic E-state index is 9.05. The fourth-order valence-electron chi connectivity index (χ4n) is 1.68. The van der Waals surface area contributed by atoms with Crippen molar-refractivity contribution in [2.75, 3.05) is 26.3 Å². The second-order valence-corrected chi connectivity index (χ2v) is 3.90. The van der Waals surface area contributed by atoms with Crippen LogP contribution in [-0.4, -0.2) is 36.5 Å². The van der Waals surface area contributed by atoms with E-state index in [0.717, 1.165) is 11.1 Å². The summed E-state index contributed by atoms with van der Waals surface area (Å²) in [5.74, 6) is -0.0287. The molecule has 0 aromatic heterocycles. The molecule has 0 bridgehead atoms. The van der Waals surface area contributed by atoms with Gasteiger partial charge in [0.25, 0.3) is 0 Å². The van der Waals surface area contributed by atoms with E-state index in [-0.39, 0.29) is 25.0 Å². The van der Waals surface area contributed by atoms with E-state index in [9.17, 15) is 0 Å². The third-order valence-electron chi connectivity index (χ3n) is 2.89. The molecule has 6 N–H and O–H groups in total. The van der Waals surface area contributed by atoms with Crippen molar-refractivity contribution in [1.82, 2.24) is 0 Å². The zero-order chi connectivity index (χ0) is 12.0. The minimum atomic E-state index is -0.205. The van der Waals surface area contributed by atoms with Gasteiger partial charge in [-0.05, 0) is 11.1 Å². The highest BCUT2D eigenvalue weighted by Crippen LogP contribution is 2.19. The van der Waals surface area contributed by atoms with Crippen LogP contribution < -0.4 is 11.5 Å². The molecule has 0 unspecified atom stereocenters. The zero-order valence-corrected chi connectivity index (χ0v) is 9.34. The summed E-state index contributed by atoms with van der Waals surface area (Å²) < 4.78 is 0. The molecule has 0 aliphatic rings. The maximum atomic E-state index is 9.05. The van der Waals surface area contributed by atoms with Crippen LogP contribution in [0.3, 0.4) is 0 Å². The minimum absolute atomic E-state index is 0.0486. The number of hydrogen-bond donors (Lipinski definition) is 4. The van der Waals surface area contributed by atoms with Crippen LogP contribution in [0.2, 0.25) is 0 Å². The molecule has 0 heterocycles. The van der Waals surface area contributed by atoms with Gasteiger partial charge in [-0.15, -0.1) is 0 Å². The summed E-state index contributed by atoms with van der Waals surface area (Å²) in [5, 5.41) is 18.1. The molecule has 4 nitrogen and oxygen atoms in total. The molecule has 0 spiro atoms. The molecule has 0 atom stereocenters. The number of hydrogen-bond acceptors (Lipinski definition) is 4. The van der Waals surface area contributed by atoms with Crippen LogP contribution in [0, 0.1) is 0 Å². The fourth-order valence-corrected chi connectivity index (χ4v) is 1.68. The van der Waals surface area contributed by atoms with Gasteiger partial charge in [0.1, 0.15) is 0 Å². The Morgan fingerprint density at radius 3 is 1.50 bits per heavy atom. The molecule has 4 heteroatoms. The first kappa shape index (κ1) is 13.1. The van der Waals surface area contributed by atoms with Gasteiger partial charge in [-0.2, -0.15) is 0 Å². The van der Waals surface area contributed by atoms with Crippen molar-refractivity contribution in [1.29, 1.82) is 0 Å². The predicted octanol–water partition coefficient (Wildman–Crippen LogP) is -0.244. The quantitative estimate of drug-likeness (QED) is 0.536. The summed E-state index contributed by atoms with van der Waals surface area (Å²) in [4.78, 5) is 0. The van der Waals surface area contributed by atoms with Crippen molar-refractivity contribution in [3.8, 4) is 0 Å². The highest BCUT2D eigenvalue weighted by Gasteiger charge is 2.11. The van der Waals surface area contributed by atoms with Crippen molar-refractivity contribution in [3.63, 3.8) is 0 Å². The molecule has 16 heavy (non-hydrogen) atoms. The van der Waals surface area contributed by atoms with Gasteiger partial charge in [0.05, 0.1) is 13.2 Å². The summed E-state index contributed by atoms with van der Waals surface area (Å²) in [5.41, 5.74) is 13.2. The zero-order valence-electron chi connectivity index (χ0n) is 9.34. The topological polar surface area (TPSA) is 92.5 Å². The number of aliphatic hydroxyl groups excluding tert-OH is 2. The number of rotatable bonds is 6. The average molecular weight is 224 g/mol. The molecule has 0 amide bonds. The van der Waals surface area contributed by atoms with E-state index in [1.165, 1.54) is 0 Å². The first-order chi connectivity index (χ1) is 7.76. The third-order valence-corrected chi connectivity index (χ3v) is 2.89. The highest BCUT2D eigenvalue weighted by atomic mass is 16.3. The normalized spacial score (nSPS) is 11.4. The van der Waals surface area contributed by atoms with Crippen molar-refractivity contribution in [2.45, 2.75) is 11.8 Å². The van der Waals surface area contributed by atoms with Crippen LogP contribution in [0.5, 0.6) is 0 Å². The van der Waals surface area contributed by atoms with Crippen LogP contribution in [0.4, 0.5) is 0 Å². The molecular formula is C12H20N2O2. The average Bonchev–Trinajstić information content (AvgIpc) is 2.34. The van der Waals surface area contributed by atoms with Gasteiger partial charge < -0.3 is 21.7 Å². The molecule has 1 aromatic rings. The van der Waals surface area contributed by atoms with Gasteiger partial charge >= 0.3 is 0 Å². The monoisotopic (exact) mass is 224 g/mol. The molecule has 0 radical (unpaired) electrons. The minimum Gasteiger partial charge on any atom is -0.396 e. The van der Waals surface area contributed by atoms with Crippen LogP contribution in [-0.2, 0) is 0 Å². The van der Waals surface area contributed by atoms with E-state index in [4.69, 9.17) is 21.7 Å². The molecule has 90 valence electrons. The van der Waals surface area contributed by atoms with E-state index >= 15 is 0 Å². The van der Waals surface area contributed by atoms with E-state index in [1.54, 1.807) is 0 Å². The smallest absolute Gasteiger partial charge is 0.0521 e. The lowest BCUT2D eigenvalue weighted by molar-refractivity contribution is 0.192. The summed E-state index contributed by atoms with van der Waals surface area (Å²) in [6, 6.07) is 7.73. The second kappa shape index (κ2) is 6.60. The lowest BCUT2D eigenvalue weighted by Gasteiger charge is -2.15. The molecule has 0 saturated heterocycles. The fraction of sp³-hybridized carbons (Fsp3) is 0.500. The van der Waals surface area contributed by atoms with Gasteiger partial charge in [-0.25, -0.2) is 0 Å². The molecule has 0 fully saturated rings. The Morgan fingerprint density at radius 2 is 1.19 bits per heavy atom. The molecule has 0 aliphatic carbocycles. The van der Waals surface area contributed by atoms with Gasteiger partial charge in [-0.1, -0.05) is 24.3 Å². The lowest BCUT2D eigenvalue weighted by Crippen LogP contribution is -2.21. The molecular weight excluding hydrogens is 204 g/mol. The summed E-state index contributed by atoms with van der Waals surface area (Å²) in [7, 11) is 0. The van der Waals surface area contributed by atoms with Crippen LogP contribution in [0.1, 0.15) is 23.0 Å². The standard InChI is InChI=1S/C12H20N2O2/c13-5-11(6-14)9-1-3-10(4-2-9)12(7-15)8-16/h1-4,11-12,15-16H,5-8,13-14H2. The Hall–Kier alpha value is -0.940. The van der Waals surface area contributed by atoms with Gasteiger partial charge in [0.15, 0.2) is 0 Å². The predicted molar refractivity (Wildman–Crippen MR) is 64.2 cm³/mol. The molecule has 1 aromatic carbocycles. The Labute approximate surface area is 95.9 Å². The molecule has 0 aliphatic heterocycles. The Morgan fingerprint density at radius 1 is 0.812 bits per heavy atom. The van der Waals surface area contributed by atoms with Gasteiger partial charge in [-0.3, -0.25) is 0 Å². The maximum Gasteiger partial charge on any atom is 0.0521 e. The van der Waals surface area contributed by atoms with Gasteiger partial charge in [0, 0.05) is 24.9 Å². The third kappa shape index (κ3) is 3.02. The van der Waals surface area contributed by atoms with E-state index in [0.29, 0.717) is 13.1 Å². The number of nitrogens with two attached hydrogens (primary N) is 2.